The van der Waals surface area contributed by atoms with E-state index in [0.717, 1.165) is 12.8 Å². The second kappa shape index (κ2) is 7.47. The van der Waals surface area contributed by atoms with Gasteiger partial charge in [-0.3, -0.25) is 4.79 Å². The molecule has 1 aliphatic rings. The van der Waals surface area contributed by atoms with Gasteiger partial charge in [0.15, 0.2) is 11.5 Å². The number of carbonyl (C=O) groups is 1. The molecule has 1 fully saturated rings. The molecule has 122 valence electrons. The first-order valence-corrected chi connectivity index (χ1v) is 7.41. The van der Waals surface area contributed by atoms with E-state index in [1.165, 1.54) is 7.11 Å². The van der Waals surface area contributed by atoms with E-state index in [2.05, 4.69) is 0 Å². The number of benzene rings is 1. The number of nitrogens with zero attached hydrogens (tertiary/aromatic N) is 1. The van der Waals surface area contributed by atoms with Gasteiger partial charge in [-0.1, -0.05) is 6.07 Å². The van der Waals surface area contributed by atoms with E-state index >= 15 is 0 Å². The van der Waals surface area contributed by atoms with Crippen LogP contribution < -0.4 is 15.2 Å². The number of ether oxygens (including phenoxy) is 3. The first kappa shape index (κ1) is 16.6. The number of likely N-dealkylation sites (tertiary alicyclic amines) is 1. The van der Waals surface area contributed by atoms with Crippen molar-refractivity contribution in [2.75, 3.05) is 34.4 Å². The van der Waals surface area contributed by atoms with Crippen LogP contribution in [0.5, 0.6) is 11.5 Å². The normalized spacial score (nSPS) is 21.5. The Kier molecular flexibility index (Phi) is 5.63. The maximum atomic E-state index is 12.9. The summed E-state index contributed by atoms with van der Waals surface area (Å²) in [7, 11) is 4.78. The summed E-state index contributed by atoms with van der Waals surface area (Å²) in [5.41, 5.74) is 6.34. The predicted octanol–water partition coefficient (Wildman–Crippen LogP) is 1.28. The summed E-state index contributed by atoms with van der Waals surface area (Å²) < 4.78 is 16.0. The summed E-state index contributed by atoms with van der Waals surface area (Å²) in [5.74, 6) is 0.921. The molecule has 1 aromatic carbocycles. The van der Waals surface area contributed by atoms with Gasteiger partial charge in [0.05, 0.1) is 25.9 Å². The van der Waals surface area contributed by atoms with Crippen LogP contribution in [0, 0.1) is 0 Å². The topological polar surface area (TPSA) is 74.0 Å². The van der Waals surface area contributed by atoms with Crippen LogP contribution in [-0.2, 0) is 4.74 Å². The molecule has 2 atom stereocenters. The highest BCUT2D eigenvalue weighted by Crippen LogP contribution is 2.32. The molecule has 6 heteroatoms. The Morgan fingerprint density at radius 3 is 2.68 bits per heavy atom. The molecular formula is C16H24N2O4. The van der Waals surface area contributed by atoms with Gasteiger partial charge in [-0.25, -0.2) is 0 Å². The van der Waals surface area contributed by atoms with Crippen LogP contribution >= 0.6 is 0 Å². The van der Waals surface area contributed by atoms with Crippen molar-refractivity contribution < 1.29 is 19.0 Å². The average molecular weight is 308 g/mol. The molecule has 2 N–H and O–H groups in total. The Morgan fingerprint density at radius 2 is 2.09 bits per heavy atom. The van der Waals surface area contributed by atoms with Crippen molar-refractivity contribution in [1.29, 1.82) is 0 Å². The van der Waals surface area contributed by atoms with E-state index in [1.54, 1.807) is 32.4 Å². The summed E-state index contributed by atoms with van der Waals surface area (Å²) >= 11 is 0. The van der Waals surface area contributed by atoms with Gasteiger partial charge in [0, 0.05) is 26.2 Å². The van der Waals surface area contributed by atoms with Gasteiger partial charge in [0.2, 0.25) is 0 Å². The van der Waals surface area contributed by atoms with Crippen LogP contribution in [0.1, 0.15) is 23.2 Å². The summed E-state index contributed by atoms with van der Waals surface area (Å²) in [6.07, 6.45) is 1.72. The zero-order chi connectivity index (χ0) is 16.1. The molecule has 0 bridgehead atoms. The number of nitrogens with two attached hydrogens (primary N) is 1. The zero-order valence-corrected chi connectivity index (χ0v) is 13.4. The summed E-state index contributed by atoms with van der Waals surface area (Å²) in [4.78, 5) is 14.7. The number of rotatable bonds is 5. The molecule has 1 aliphatic heterocycles. The summed E-state index contributed by atoms with van der Waals surface area (Å²) in [5, 5.41) is 0. The van der Waals surface area contributed by atoms with Crippen molar-refractivity contribution in [3.05, 3.63) is 23.8 Å². The number of amides is 1. The van der Waals surface area contributed by atoms with Gasteiger partial charge in [0.1, 0.15) is 0 Å². The fourth-order valence-corrected chi connectivity index (χ4v) is 2.93. The van der Waals surface area contributed by atoms with Gasteiger partial charge in [-0.2, -0.15) is 0 Å². The molecule has 0 saturated carbocycles. The minimum absolute atomic E-state index is 0.0258. The number of methoxy groups -OCH3 is 3. The van der Waals surface area contributed by atoms with Crippen LogP contribution in [0.25, 0.3) is 0 Å². The van der Waals surface area contributed by atoms with Crippen LogP contribution in [0.2, 0.25) is 0 Å². The number of carbonyl (C=O) groups excluding carboxylic acids is 1. The summed E-state index contributed by atoms with van der Waals surface area (Å²) in [6.45, 7) is 1.04. The van der Waals surface area contributed by atoms with Crippen LogP contribution in [-0.4, -0.2) is 57.4 Å². The Balaban J connectivity index is 2.27. The van der Waals surface area contributed by atoms with E-state index in [0.29, 0.717) is 30.2 Å². The van der Waals surface area contributed by atoms with Gasteiger partial charge < -0.3 is 24.8 Å². The average Bonchev–Trinajstić information content (AvgIpc) is 2.59. The zero-order valence-electron chi connectivity index (χ0n) is 13.4. The van der Waals surface area contributed by atoms with Crippen LogP contribution in [0.3, 0.4) is 0 Å². The van der Waals surface area contributed by atoms with E-state index in [4.69, 9.17) is 19.9 Å². The maximum Gasteiger partial charge on any atom is 0.258 e. The fraction of sp³-hybridized carbons (Fsp3) is 0.562. The monoisotopic (exact) mass is 308 g/mol. The number of hydrogen-bond acceptors (Lipinski definition) is 5. The van der Waals surface area contributed by atoms with Crippen molar-refractivity contribution in [3.8, 4) is 11.5 Å². The number of piperidine rings is 1. The molecule has 0 aromatic heterocycles. The smallest absolute Gasteiger partial charge is 0.258 e. The van der Waals surface area contributed by atoms with Gasteiger partial charge in [0.25, 0.3) is 5.91 Å². The first-order valence-electron chi connectivity index (χ1n) is 7.41. The maximum absolute atomic E-state index is 12.9. The molecule has 1 heterocycles. The molecule has 22 heavy (non-hydrogen) atoms. The number of hydrogen-bond donors (Lipinski definition) is 1. The van der Waals surface area contributed by atoms with Crippen molar-refractivity contribution in [3.63, 3.8) is 0 Å². The molecule has 6 nitrogen and oxygen atoms in total. The highest BCUT2D eigenvalue weighted by Gasteiger charge is 2.32. The van der Waals surface area contributed by atoms with Gasteiger partial charge >= 0.3 is 0 Å². The third-order valence-corrected chi connectivity index (χ3v) is 4.17. The molecule has 2 rings (SSSR count). The Hall–Kier alpha value is -1.79. The second-order valence-electron chi connectivity index (χ2n) is 5.31. The second-order valence-corrected chi connectivity index (χ2v) is 5.31. The Morgan fingerprint density at radius 1 is 1.32 bits per heavy atom. The van der Waals surface area contributed by atoms with Crippen LogP contribution in [0.4, 0.5) is 0 Å². The van der Waals surface area contributed by atoms with Crippen molar-refractivity contribution in [2.45, 2.75) is 25.0 Å². The van der Waals surface area contributed by atoms with E-state index < -0.39 is 0 Å². The molecule has 1 aromatic rings. The lowest BCUT2D eigenvalue weighted by Gasteiger charge is -2.38. The molecule has 0 radical (unpaired) electrons. The standard InChI is InChI=1S/C16H24N2O4/c1-20-12-7-8-18(11(9-12)10-17)16(19)13-5-4-6-14(21-2)15(13)22-3/h4-6,11-12H,7-10,17H2,1-3H3. The lowest BCUT2D eigenvalue weighted by atomic mass is 9.98. The van der Waals surface area contributed by atoms with Crippen molar-refractivity contribution in [2.24, 2.45) is 5.73 Å². The van der Waals surface area contributed by atoms with Crippen LogP contribution in [0.15, 0.2) is 18.2 Å². The SMILES string of the molecule is COc1cccc(C(=O)N2CCC(OC)CC2CN)c1OC. The molecule has 0 aliphatic carbocycles. The lowest BCUT2D eigenvalue weighted by molar-refractivity contribution is 0.0137. The highest BCUT2D eigenvalue weighted by molar-refractivity contribution is 5.98. The highest BCUT2D eigenvalue weighted by atomic mass is 16.5. The minimum atomic E-state index is -0.0826. The Bertz CT molecular complexity index is 521. The third kappa shape index (κ3) is 3.18. The first-order chi connectivity index (χ1) is 10.7. The summed E-state index contributed by atoms with van der Waals surface area (Å²) in [6, 6.07) is 5.28. The molecule has 2 unspecified atom stereocenters. The van der Waals surface area contributed by atoms with Gasteiger partial charge in [-0.15, -0.1) is 0 Å². The van der Waals surface area contributed by atoms with E-state index in [1.807, 2.05) is 4.90 Å². The molecule has 0 spiro atoms. The largest absolute Gasteiger partial charge is 0.493 e. The van der Waals surface area contributed by atoms with E-state index in [-0.39, 0.29) is 18.1 Å². The van der Waals surface area contributed by atoms with Crippen molar-refractivity contribution in [1.82, 2.24) is 4.90 Å². The quantitative estimate of drug-likeness (QED) is 0.887. The van der Waals surface area contributed by atoms with Gasteiger partial charge in [-0.05, 0) is 25.0 Å². The molecule has 1 saturated heterocycles. The Labute approximate surface area is 131 Å². The predicted molar refractivity (Wildman–Crippen MR) is 83.5 cm³/mol. The van der Waals surface area contributed by atoms with Crippen molar-refractivity contribution >= 4 is 5.91 Å². The van der Waals surface area contributed by atoms with E-state index in [9.17, 15) is 4.79 Å². The number of para-hydroxylation sites is 1. The minimum Gasteiger partial charge on any atom is -0.493 e. The third-order valence-electron chi connectivity index (χ3n) is 4.17. The molecule has 1 amide bonds. The molecular weight excluding hydrogens is 284 g/mol. The fourth-order valence-electron chi connectivity index (χ4n) is 2.93. The lowest BCUT2D eigenvalue weighted by Crippen LogP contribution is -2.51.